The van der Waals surface area contributed by atoms with Crippen LogP contribution in [0.2, 0.25) is 10.0 Å². The molecule has 0 N–H and O–H groups in total. The van der Waals surface area contributed by atoms with Crippen LogP contribution in [0.25, 0.3) is 0 Å². The average Bonchev–Trinajstić information content (AvgIpc) is 3.02. The van der Waals surface area contributed by atoms with E-state index in [1.807, 2.05) is 24.3 Å². The van der Waals surface area contributed by atoms with Crippen LogP contribution in [0, 0.1) is 0 Å². The molecule has 0 fully saturated rings. The minimum atomic E-state index is 0.247. The molecule has 1 aromatic heterocycles. The zero-order chi connectivity index (χ0) is 16.1. The Morgan fingerprint density at radius 3 is 2.30 bits per heavy atom. The molecule has 23 heavy (non-hydrogen) atoms. The maximum atomic E-state index is 5.85. The summed E-state index contributed by atoms with van der Waals surface area (Å²) in [4.78, 5) is 5.39. The predicted octanol–water partition coefficient (Wildman–Crippen LogP) is 5.25. The molecular weight excluding hydrogens is 355 g/mol. The second-order valence-electron chi connectivity index (χ2n) is 4.59. The van der Waals surface area contributed by atoms with Gasteiger partial charge in [-0.1, -0.05) is 28.4 Å². The van der Waals surface area contributed by atoms with E-state index in [4.69, 9.17) is 32.5 Å². The van der Waals surface area contributed by atoms with Crippen LogP contribution in [-0.2, 0) is 12.4 Å². The normalized spacial score (nSPS) is 10.7. The fraction of sp³-hybridized carbons (Fsp3) is 0.125. The first-order valence-corrected chi connectivity index (χ1v) is 8.51. The van der Waals surface area contributed by atoms with E-state index in [1.54, 1.807) is 36.0 Å². The summed E-state index contributed by atoms with van der Waals surface area (Å²) in [5.41, 5.74) is 0. The lowest BCUT2D eigenvalue weighted by Crippen LogP contribution is -1.97. The first-order chi connectivity index (χ1) is 11.2. The number of halogens is 2. The smallest absolute Gasteiger partial charge is 0.237 e. The lowest BCUT2D eigenvalue weighted by Gasteiger charge is -2.02. The molecule has 0 aliphatic heterocycles. The van der Waals surface area contributed by atoms with Gasteiger partial charge in [0.1, 0.15) is 5.75 Å². The van der Waals surface area contributed by atoms with Gasteiger partial charge in [0.05, 0.1) is 5.75 Å². The zero-order valence-electron chi connectivity index (χ0n) is 11.9. The van der Waals surface area contributed by atoms with Crippen LogP contribution in [0.3, 0.4) is 0 Å². The monoisotopic (exact) mass is 366 g/mol. The molecule has 1 heterocycles. The number of rotatable bonds is 6. The maximum Gasteiger partial charge on any atom is 0.237 e. The summed E-state index contributed by atoms with van der Waals surface area (Å²) in [5, 5.41) is 5.29. The van der Waals surface area contributed by atoms with Gasteiger partial charge in [-0.05, 0) is 48.5 Å². The molecule has 3 aromatic rings. The van der Waals surface area contributed by atoms with E-state index in [0.717, 1.165) is 4.90 Å². The van der Waals surface area contributed by atoms with Gasteiger partial charge in [-0.3, -0.25) is 0 Å². The summed E-state index contributed by atoms with van der Waals surface area (Å²) in [6, 6.07) is 14.7. The third-order valence-corrected chi connectivity index (χ3v) is 4.37. The Morgan fingerprint density at radius 1 is 0.957 bits per heavy atom. The number of hydrogen-bond donors (Lipinski definition) is 0. The minimum absolute atomic E-state index is 0.247. The lowest BCUT2D eigenvalue weighted by atomic mass is 10.3. The van der Waals surface area contributed by atoms with Gasteiger partial charge in [0.15, 0.2) is 6.61 Å². The van der Waals surface area contributed by atoms with Gasteiger partial charge >= 0.3 is 0 Å². The van der Waals surface area contributed by atoms with Crippen molar-refractivity contribution in [3.8, 4) is 5.75 Å². The molecule has 0 saturated carbocycles. The van der Waals surface area contributed by atoms with Crippen LogP contribution >= 0.6 is 35.0 Å². The Balaban J connectivity index is 1.51. The molecule has 0 spiro atoms. The molecule has 0 radical (unpaired) electrons. The standard InChI is InChI=1S/C16H12Cl2N2O2S/c17-11-1-5-13(6-2-11)21-9-15-19-16(22-20-15)10-23-14-7-3-12(18)4-8-14/h1-8H,9-10H2. The first-order valence-electron chi connectivity index (χ1n) is 6.77. The second-order valence-corrected chi connectivity index (χ2v) is 6.51. The molecule has 118 valence electrons. The van der Waals surface area contributed by atoms with Crippen LogP contribution < -0.4 is 4.74 Å². The molecule has 0 aliphatic carbocycles. The number of thioether (sulfide) groups is 1. The summed E-state index contributed by atoms with van der Waals surface area (Å²) in [5.74, 6) is 2.36. The molecule has 0 saturated heterocycles. The Bertz CT molecular complexity index is 697. The van der Waals surface area contributed by atoms with Crippen molar-refractivity contribution >= 4 is 35.0 Å². The number of nitrogens with zero attached hydrogens (tertiary/aromatic N) is 2. The van der Waals surface area contributed by atoms with E-state index >= 15 is 0 Å². The van der Waals surface area contributed by atoms with Gasteiger partial charge in [0.2, 0.25) is 11.7 Å². The summed E-state index contributed by atoms with van der Waals surface area (Å²) in [6.07, 6.45) is 0. The van der Waals surface area contributed by atoms with E-state index in [9.17, 15) is 0 Å². The van der Waals surface area contributed by atoms with E-state index in [-0.39, 0.29) is 6.61 Å². The fourth-order valence-corrected chi connectivity index (χ4v) is 2.75. The van der Waals surface area contributed by atoms with Gasteiger partial charge in [0.25, 0.3) is 0 Å². The lowest BCUT2D eigenvalue weighted by molar-refractivity contribution is 0.285. The van der Waals surface area contributed by atoms with Crippen LogP contribution in [0.4, 0.5) is 0 Å². The maximum absolute atomic E-state index is 5.85. The van der Waals surface area contributed by atoms with Crippen molar-refractivity contribution in [1.82, 2.24) is 10.1 Å². The quantitative estimate of drug-likeness (QED) is 0.557. The van der Waals surface area contributed by atoms with E-state index in [1.165, 1.54) is 0 Å². The highest BCUT2D eigenvalue weighted by atomic mass is 35.5. The highest BCUT2D eigenvalue weighted by Gasteiger charge is 2.08. The summed E-state index contributed by atoms with van der Waals surface area (Å²) in [7, 11) is 0. The van der Waals surface area contributed by atoms with Gasteiger partial charge in [-0.15, -0.1) is 11.8 Å². The van der Waals surface area contributed by atoms with Gasteiger partial charge < -0.3 is 9.26 Å². The van der Waals surface area contributed by atoms with E-state index in [0.29, 0.717) is 33.3 Å². The van der Waals surface area contributed by atoms with E-state index in [2.05, 4.69) is 10.1 Å². The third-order valence-electron chi connectivity index (χ3n) is 2.87. The summed E-state index contributed by atoms with van der Waals surface area (Å²) >= 11 is 13.3. The highest BCUT2D eigenvalue weighted by molar-refractivity contribution is 7.98. The molecular formula is C16H12Cl2N2O2S. The largest absolute Gasteiger partial charge is 0.485 e. The van der Waals surface area contributed by atoms with Crippen molar-refractivity contribution < 1.29 is 9.26 Å². The van der Waals surface area contributed by atoms with Gasteiger partial charge in [-0.25, -0.2) is 0 Å². The van der Waals surface area contributed by atoms with Crippen LogP contribution in [0.1, 0.15) is 11.7 Å². The number of benzene rings is 2. The topological polar surface area (TPSA) is 48.2 Å². The molecule has 0 aliphatic rings. The van der Waals surface area contributed by atoms with Gasteiger partial charge in [0, 0.05) is 14.9 Å². The van der Waals surface area contributed by atoms with Crippen molar-refractivity contribution in [2.75, 3.05) is 0 Å². The van der Waals surface area contributed by atoms with E-state index < -0.39 is 0 Å². The molecule has 0 atom stereocenters. The SMILES string of the molecule is Clc1ccc(OCc2noc(CSc3ccc(Cl)cc3)n2)cc1. The molecule has 3 rings (SSSR count). The van der Waals surface area contributed by atoms with Crippen molar-refractivity contribution in [3.63, 3.8) is 0 Å². The molecule has 4 nitrogen and oxygen atoms in total. The summed E-state index contributed by atoms with van der Waals surface area (Å²) < 4.78 is 10.8. The highest BCUT2D eigenvalue weighted by Crippen LogP contribution is 2.23. The Morgan fingerprint density at radius 2 is 1.61 bits per heavy atom. The van der Waals surface area contributed by atoms with Crippen molar-refractivity contribution in [2.45, 2.75) is 17.3 Å². The summed E-state index contributed by atoms with van der Waals surface area (Å²) in [6.45, 7) is 0.247. The van der Waals surface area contributed by atoms with Crippen molar-refractivity contribution in [3.05, 3.63) is 70.3 Å². The molecule has 0 amide bonds. The fourth-order valence-electron chi connectivity index (χ4n) is 1.76. The molecule has 0 bridgehead atoms. The third kappa shape index (κ3) is 4.89. The van der Waals surface area contributed by atoms with Crippen molar-refractivity contribution in [1.29, 1.82) is 0 Å². The zero-order valence-corrected chi connectivity index (χ0v) is 14.2. The van der Waals surface area contributed by atoms with Crippen molar-refractivity contribution in [2.24, 2.45) is 0 Å². The van der Waals surface area contributed by atoms with Crippen LogP contribution in [-0.4, -0.2) is 10.1 Å². The number of ether oxygens (including phenoxy) is 1. The van der Waals surface area contributed by atoms with Gasteiger partial charge in [-0.2, -0.15) is 4.98 Å². The predicted molar refractivity (Wildman–Crippen MR) is 91.1 cm³/mol. The second kappa shape index (κ2) is 7.73. The Kier molecular flexibility index (Phi) is 5.43. The molecule has 2 aromatic carbocycles. The Hall–Kier alpha value is -1.69. The van der Waals surface area contributed by atoms with Crippen LogP contribution in [0.15, 0.2) is 57.9 Å². The molecule has 7 heteroatoms. The first kappa shape index (κ1) is 16.2. The molecule has 0 unspecified atom stereocenters. The van der Waals surface area contributed by atoms with Crippen LogP contribution in [0.5, 0.6) is 5.75 Å². The Labute approximate surface area is 147 Å². The average molecular weight is 367 g/mol. The number of hydrogen-bond acceptors (Lipinski definition) is 5. The number of aromatic nitrogens is 2. The minimum Gasteiger partial charge on any atom is -0.485 e.